The quantitative estimate of drug-likeness (QED) is 0.656. The lowest BCUT2D eigenvalue weighted by atomic mass is 10.0. The largest absolute Gasteiger partial charge is 0.496 e. The highest BCUT2D eigenvalue weighted by molar-refractivity contribution is 5.80. The van der Waals surface area contributed by atoms with Crippen LogP contribution in [0.3, 0.4) is 0 Å². The van der Waals surface area contributed by atoms with E-state index in [9.17, 15) is 27.9 Å². The van der Waals surface area contributed by atoms with Gasteiger partial charge in [0.2, 0.25) is 0 Å². The number of alkyl halides is 3. The van der Waals surface area contributed by atoms with E-state index in [0.717, 1.165) is 6.07 Å². The van der Waals surface area contributed by atoms with E-state index in [0.29, 0.717) is 22.6 Å². The molecule has 1 aromatic heterocycles. The molecule has 0 radical (unpaired) electrons. The topological polar surface area (TPSA) is 103 Å². The molecule has 0 aliphatic heterocycles. The monoisotopic (exact) mass is 457 g/mol. The van der Waals surface area contributed by atoms with Crippen molar-refractivity contribution in [1.29, 1.82) is 0 Å². The molecule has 2 aromatic rings. The van der Waals surface area contributed by atoms with E-state index in [1.54, 1.807) is 39.0 Å². The second-order valence-corrected chi connectivity index (χ2v) is 8.21. The zero-order valence-electron chi connectivity index (χ0n) is 18.4. The molecule has 2 rings (SSSR count). The molecule has 1 atom stereocenters. The van der Waals surface area contributed by atoms with Gasteiger partial charge < -0.3 is 19.9 Å². The summed E-state index contributed by atoms with van der Waals surface area (Å²) in [5.74, 6) is -0.852. The van der Waals surface area contributed by atoms with E-state index in [-0.39, 0.29) is 13.0 Å². The van der Waals surface area contributed by atoms with E-state index in [2.05, 4.69) is 10.4 Å². The number of aryl methyl sites for hydroxylation is 1. The number of hydrogen-bond donors (Lipinski definition) is 2. The van der Waals surface area contributed by atoms with Gasteiger partial charge >= 0.3 is 18.2 Å². The molecule has 1 aromatic carbocycles. The first-order valence-electron chi connectivity index (χ1n) is 9.69. The minimum atomic E-state index is -4.57. The van der Waals surface area contributed by atoms with Gasteiger partial charge in [-0.1, -0.05) is 12.1 Å². The Morgan fingerprint density at radius 1 is 1.22 bits per heavy atom. The Balaban J connectivity index is 2.26. The molecule has 0 fully saturated rings. The van der Waals surface area contributed by atoms with Gasteiger partial charge in [0.15, 0.2) is 5.69 Å². The highest BCUT2D eigenvalue weighted by Crippen LogP contribution is 2.29. The molecule has 2 N–H and O–H groups in total. The van der Waals surface area contributed by atoms with Crippen LogP contribution < -0.4 is 10.1 Å². The first-order chi connectivity index (χ1) is 14.7. The molecule has 1 unspecified atom stereocenters. The van der Waals surface area contributed by atoms with E-state index in [1.807, 2.05) is 0 Å². The number of aromatic nitrogens is 2. The number of carboxylic acid groups (broad SMARTS) is 1. The molecule has 0 bridgehead atoms. The summed E-state index contributed by atoms with van der Waals surface area (Å²) in [5, 5.41) is 15.4. The summed E-state index contributed by atoms with van der Waals surface area (Å²) in [6.07, 6.45) is -5.51. The van der Waals surface area contributed by atoms with Crippen molar-refractivity contribution in [3.63, 3.8) is 0 Å². The van der Waals surface area contributed by atoms with Crippen molar-refractivity contribution in [2.24, 2.45) is 0 Å². The second-order valence-electron chi connectivity index (χ2n) is 8.21. The lowest BCUT2D eigenvalue weighted by Gasteiger charge is -2.22. The average Bonchev–Trinajstić information content (AvgIpc) is 3.01. The van der Waals surface area contributed by atoms with Crippen LogP contribution in [0, 0.1) is 6.92 Å². The SMILES string of the molecule is COc1ccc(CC(NC(=O)OC(C)(C)C)C(=O)O)cc1Cn1nc(C(F)(F)F)cc1C. The fourth-order valence-electron chi connectivity index (χ4n) is 2.94. The number of aliphatic carboxylic acids is 1. The minimum absolute atomic E-state index is 0.0177. The van der Waals surface area contributed by atoms with Crippen LogP contribution in [0.25, 0.3) is 0 Å². The molecular weight excluding hydrogens is 431 g/mol. The first-order valence-corrected chi connectivity index (χ1v) is 9.69. The Labute approximate surface area is 183 Å². The number of rotatable bonds is 7. The lowest BCUT2D eigenvalue weighted by molar-refractivity contribution is -0.141. The first kappa shape index (κ1) is 25.0. The highest BCUT2D eigenvalue weighted by Gasteiger charge is 2.34. The molecule has 0 saturated heterocycles. The van der Waals surface area contributed by atoms with Crippen molar-refractivity contribution >= 4 is 12.1 Å². The fourth-order valence-corrected chi connectivity index (χ4v) is 2.94. The standard InChI is InChI=1S/C21H26F3N3O5/c1-12-8-17(21(22,23)24)26-27(12)11-14-9-13(6-7-16(14)31-5)10-15(18(28)29)25-19(30)32-20(2,3)4/h6-9,15H,10-11H2,1-5H3,(H,25,30)(H,28,29). The number of nitrogens with one attached hydrogen (secondary N) is 1. The number of halogens is 3. The van der Waals surface area contributed by atoms with Gasteiger partial charge in [-0.15, -0.1) is 0 Å². The number of methoxy groups -OCH3 is 1. The van der Waals surface area contributed by atoms with Crippen LogP contribution in [0.15, 0.2) is 24.3 Å². The molecule has 11 heteroatoms. The van der Waals surface area contributed by atoms with Crippen LogP contribution in [0.4, 0.5) is 18.0 Å². The maximum absolute atomic E-state index is 13.0. The lowest BCUT2D eigenvalue weighted by Crippen LogP contribution is -2.44. The second kappa shape index (κ2) is 9.49. The van der Waals surface area contributed by atoms with Crippen molar-refractivity contribution < 1.29 is 37.3 Å². The van der Waals surface area contributed by atoms with E-state index in [1.165, 1.54) is 18.7 Å². The molecule has 32 heavy (non-hydrogen) atoms. The van der Waals surface area contributed by atoms with Crippen LogP contribution >= 0.6 is 0 Å². The van der Waals surface area contributed by atoms with Crippen LogP contribution in [0.2, 0.25) is 0 Å². The van der Waals surface area contributed by atoms with E-state index < -0.39 is 35.6 Å². The zero-order chi connectivity index (χ0) is 24.3. The number of hydrogen-bond acceptors (Lipinski definition) is 5. The van der Waals surface area contributed by atoms with Crippen molar-refractivity contribution in [3.8, 4) is 5.75 Å². The summed E-state index contributed by atoms with van der Waals surface area (Å²) >= 11 is 0. The van der Waals surface area contributed by atoms with Crippen LogP contribution in [0.1, 0.15) is 43.3 Å². The number of amides is 1. The molecule has 1 heterocycles. The number of carbonyl (C=O) groups excluding carboxylic acids is 1. The molecule has 0 aliphatic rings. The summed E-state index contributed by atoms with van der Waals surface area (Å²) in [7, 11) is 1.42. The van der Waals surface area contributed by atoms with Gasteiger partial charge in [0.05, 0.1) is 13.7 Å². The van der Waals surface area contributed by atoms with Crippen molar-refractivity contribution in [2.75, 3.05) is 7.11 Å². The van der Waals surface area contributed by atoms with Crippen LogP contribution in [-0.4, -0.2) is 45.7 Å². The van der Waals surface area contributed by atoms with Gasteiger partial charge in [-0.05, 0) is 45.4 Å². The third kappa shape index (κ3) is 6.89. The zero-order valence-corrected chi connectivity index (χ0v) is 18.4. The third-order valence-electron chi connectivity index (χ3n) is 4.37. The van der Waals surface area contributed by atoms with Crippen molar-refractivity contribution in [3.05, 3.63) is 46.8 Å². The summed E-state index contributed by atoms with van der Waals surface area (Å²) < 4.78 is 50.4. The van der Waals surface area contributed by atoms with Gasteiger partial charge in [-0.25, -0.2) is 9.59 Å². The van der Waals surface area contributed by atoms with E-state index in [4.69, 9.17) is 9.47 Å². The molecule has 0 spiro atoms. The normalized spacial score (nSPS) is 12.9. The molecule has 176 valence electrons. The molecule has 1 amide bonds. The van der Waals surface area contributed by atoms with Gasteiger partial charge in [-0.3, -0.25) is 4.68 Å². The van der Waals surface area contributed by atoms with Crippen molar-refractivity contribution in [2.45, 2.75) is 58.5 Å². The Bertz CT molecular complexity index is 980. The van der Waals surface area contributed by atoms with Gasteiger partial charge in [0.25, 0.3) is 0 Å². The summed E-state index contributed by atoms with van der Waals surface area (Å²) in [4.78, 5) is 23.6. The summed E-state index contributed by atoms with van der Waals surface area (Å²) in [6, 6.07) is 4.49. The van der Waals surface area contributed by atoms with Crippen LogP contribution in [0.5, 0.6) is 5.75 Å². The van der Waals surface area contributed by atoms with Gasteiger partial charge in [-0.2, -0.15) is 18.3 Å². The molecule has 0 aliphatic carbocycles. The number of ether oxygens (including phenoxy) is 2. The third-order valence-corrected chi connectivity index (χ3v) is 4.37. The van der Waals surface area contributed by atoms with E-state index >= 15 is 0 Å². The Kier molecular flexibility index (Phi) is 7.42. The molecule has 0 saturated carbocycles. The van der Waals surface area contributed by atoms with Gasteiger partial charge in [0, 0.05) is 17.7 Å². The maximum Gasteiger partial charge on any atom is 0.435 e. The number of carbonyl (C=O) groups is 2. The number of alkyl carbamates (subject to hydrolysis) is 1. The van der Waals surface area contributed by atoms with Crippen molar-refractivity contribution in [1.82, 2.24) is 15.1 Å². The summed E-state index contributed by atoms with van der Waals surface area (Å²) in [5.41, 5.74) is -0.453. The highest BCUT2D eigenvalue weighted by atomic mass is 19.4. The smallest absolute Gasteiger partial charge is 0.435 e. The predicted molar refractivity (Wildman–Crippen MR) is 109 cm³/mol. The predicted octanol–water partition coefficient (Wildman–Crippen LogP) is 3.79. The molecule has 8 nitrogen and oxygen atoms in total. The Hall–Kier alpha value is -3.24. The fraction of sp³-hybridized carbons (Fsp3) is 0.476. The number of benzene rings is 1. The Morgan fingerprint density at radius 3 is 2.38 bits per heavy atom. The Morgan fingerprint density at radius 2 is 1.88 bits per heavy atom. The molecular formula is C21H26F3N3O5. The van der Waals surface area contributed by atoms with Crippen LogP contribution in [-0.2, 0) is 28.7 Å². The average molecular weight is 457 g/mol. The minimum Gasteiger partial charge on any atom is -0.496 e. The number of carboxylic acids is 1. The van der Waals surface area contributed by atoms with Gasteiger partial charge in [0.1, 0.15) is 17.4 Å². The number of nitrogens with zero attached hydrogens (tertiary/aromatic N) is 2. The summed E-state index contributed by atoms with van der Waals surface area (Å²) in [6.45, 7) is 6.44. The maximum atomic E-state index is 13.0.